The Bertz CT molecular complexity index is 336. The summed E-state index contributed by atoms with van der Waals surface area (Å²) < 4.78 is 0. The normalized spacial score (nSPS) is 24.8. The zero-order chi connectivity index (χ0) is 12.3. The van der Waals surface area contributed by atoms with Crippen LogP contribution < -0.4 is 0 Å². The summed E-state index contributed by atoms with van der Waals surface area (Å²) in [6.45, 7) is 6.40. The first-order valence-electron chi connectivity index (χ1n) is 6.64. The minimum atomic E-state index is -0.194. The Kier molecular flexibility index (Phi) is 4.19. The molecule has 1 saturated heterocycles. The van der Waals surface area contributed by atoms with E-state index in [1.54, 1.807) is 0 Å². The van der Waals surface area contributed by atoms with Crippen LogP contribution in [0.15, 0.2) is 30.3 Å². The summed E-state index contributed by atoms with van der Waals surface area (Å²) in [5.41, 5.74) is 1.46. The first-order chi connectivity index (χ1) is 8.16. The second kappa shape index (κ2) is 5.65. The summed E-state index contributed by atoms with van der Waals surface area (Å²) in [5.74, 6) is 0.674. The number of hydrogen-bond acceptors (Lipinski definition) is 2. The smallest absolute Gasteiger partial charge is 0.0526 e. The fourth-order valence-electron chi connectivity index (χ4n) is 2.83. The first-order valence-corrected chi connectivity index (χ1v) is 6.64. The lowest BCUT2D eigenvalue weighted by Gasteiger charge is -2.25. The van der Waals surface area contributed by atoms with E-state index in [0.29, 0.717) is 12.0 Å². The van der Waals surface area contributed by atoms with Gasteiger partial charge in [0.1, 0.15) is 0 Å². The second-order valence-electron chi connectivity index (χ2n) is 5.32. The molecule has 0 bridgehead atoms. The maximum absolute atomic E-state index is 9.44. The lowest BCUT2D eigenvalue weighted by atomic mass is 9.99. The second-order valence-corrected chi connectivity index (χ2v) is 5.32. The highest BCUT2D eigenvalue weighted by Crippen LogP contribution is 2.28. The summed E-state index contributed by atoms with van der Waals surface area (Å²) in [4.78, 5) is 2.50. The minimum Gasteiger partial charge on any atom is -0.393 e. The Morgan fingerprint density at radius 2 is 2.00 bits per heavy atom. The van der Waals surface area contributed by atoms with E-state index in [2.05, 4.69) is 42.2 Å². The highest BCUT2D eigenvalue weighted by molar-refractivity contribution is 5.21. The standard InChI is InChI=1S/C15H23NO/c1-12(10-13(2)17)16-9-8-15(11-16)14-6-4-3-5-7-14/h3-7,12-13,15,17H,8-11H2,1-2H3. The van der Waals surface area contributed by atoms with E-state index in [4.69, 9.17) is 0 Å². The van der Waals surface area contributed by atoms with E-state index in [-0.39, 0.29) is 6.10 Å². The van der Waals surface area contributed by atoms with Gasteiger partial charge in [0, 0.05) is 12.6 Å². The molecule has 0 radical (unpaired) electrons. The van der Waals surface area contributed by atoms with Crippen LogP contribution in [0.1, 0.15) is 38.2 Å². The Morgan fingerprint density at radius 1 is 1.29 bits per heavy atom. The van der Waals surface area contributed by atoms with Gasteiger partial charge < -0.3 is 5.11 Å². The van der Waals surface area contributed by atoms with Crippen molar-refractivity contribution < 1.29 is 5.11 Å². The van der Waals surface area contributed by atoms with Gasteiger partial charge in [0.2, 0.25) is 0 Å². The van der Waals surface area contributed by atoms with Crippen molar-refractivity contribution in [2.24, 2.45) is 0 Å². The molecule has 3 atom stereocenters. The molecule has 0 aliphatic carbocycles. The molecule has 2 heteroatoms. The van der Waals surface area contributed by atoms with Crippen molar-refractivity contribution in [1.82, 2.24) is 4.90 Å². The molecule has 1 N–H and O–H groups in total. The number of nitrogens with zero attached hydrogens (tertiary/aromatic N) is 1. The summed E-state index contributed by atoms with van der Waals surface area (Å²) in [5, 5.41) is 9.44. The third-order valence-electron chi connectivity index (χ3n) is 3.80. The molecule has 0 spiro atoms. The van der Waals surface area contributed by atoms with E-state index in [9.17, 15) is 5.11 Å². The lowest BCUT2D eigenvalue weighted by Crippen LogP contribution is -2.33. The van der Waals surface area contributed by atoms with E-state index in [0.717, 1.165) is 19.5 Å². The number of rotatable bonds is 4. The van der Waals surface area contributed by atoms with Gasteiger partial charge in [-0.25, -0.2) is 0 Å². The predicted molar refractivity (Wildman–Crippen MR) is 71.1 cm³/mol. The van der Waals surface area contributed by atoms with Crippen LogP contribution in [0.3, 0.4) is 0 Å². The molecular formula is C15H23NO. The molecule has 0 saturated carbocycles. The van der Waals surface area contributed by atoms with Crippen LogP contribution in [0.25, 0.3) is 0 Å². The molecule has 1 aliphatic heterocycles. The SMILES string of the molecule is CC(O)CC(C)N1CCC(c2ccccc2)C1. The van der Waals surface area contributed by atoms with Crippen LogP contribution >= 0.6 is 0 Å². The Morgan fingerprint density at radius 3 is 2.65 bits per heavy atom. The molecule has 1 fully saturated rings. The molecule has 1 aliphatic rings. The molecule has 3 unspecified atom stereocenters. The quantitative estimate of drug-likeness (QED) is 0.864. The topological polar surface area (TPSA) is 23.5 Å². The molecule has 94 valence electrons. The lowest BCUT2D eigenvalue weighted by molar-refractivity contribution is 0.132. The van der Waals surface area contributed by atoms with Crippen molar-refractivity contribution in [3.8, 4) is 0 Å². The monoisotopic (exact) mass is 233 g/mol. The summed E-state index contributed by atoms with van der Waals surface area (Å²) in [6, 6.07) is 11.3. The van der Waals surface area contributed by atoms with E-state index in [1.807, 2.05) is 6.92 Å². The van der Waals surface area contributed by atoms with Crippen molar-refractivity contribution in [2.75, 3.05) is 13.1 Å². The maximum Gasteiger partial charge on any atom is 0.0526 e. The molecule has 0 amide bonds. The fraction of sp³-hybridized carbons (Fsp3) is 0.600. The van der Waals surface area contributed by atoms with Crippen molar-refractivity contribution in [2.45, 2.75) is 44.8 Å². The molecule has 1 aromatic rings. The Labute approximate surface area is 104 Å². The summed E-state index contributed by atoms with van der Waals surface area (Å²) >= 11 is 0. The third-order valence-corrected chi connectivity index (χ3v) is 3.80. The summed E-state index contributed by atoms with van der Waals surface area (Å²) in [6.07, 6.45) is 1.93. The molecule has 1 heterocycles. The first kappa shape index (κ1) is 12.6. The zero-order valence-electron chi connectivity index (χ0n) is 10.8. The number of aliphatic hydroxyl groups excluding tert-OH is 1. The minimum absolute atomic E-state index is 0.194. The Hall–Kier alpha value is -0.860. The van der Waals surface area contributed by atoms with E-state index < -0.39 is 0 Å². The molecule has 1 aromatic carbocycles. The molecule has 2 rings (SSSR count). The van der Waals surface area contributed by atoms with Gasteiger partial charge in [-0.1, -0.05) is 30.3 Å². The van der Waals surface area contributed by atoms with Gasteiger partial charge in [-0.05, 0) is 44.7 Å². The molecule has 17 heavy (non-hydrogen) atoms. The third kappa shape index (κ3) is 3.30. The van der Waals surface area contributed by atoms with Crippen LogP contribution in [0.4, 0.5) is 0 Å². The molecule has 2 nitrogen and oxygen atoms in total. The van der Waals surface area contributed by atoms with Gasteiger partial charge in [0.25, 0.3) is 0 Å². The number of likely N-dealkylation sites (tertiary alicyclic amines) is 1. The van der Waals surface area contributed by atoms with Gasteiger partial charge in [-0.15, -0.1) is 0 Å². The number of hydrogen-bond donors (Lipinski definition) is 1. The van der Waals surface area contributed by atoms with E-state index >= 15 is 0 Å². The highest BCUT2D eigenvalue weighted by Gasteiger charge is 2.27. The van der Waals surface area contributed by atoms with Gasteiger partial charge in [0.15, 0.2) is 0 Å². The van der Waals surface area contributed by atoms with Gasteiger partial charge >= 0.3 is 0 Å². The van der Waals surface area contributed by atoms with Crippen molar-refractivity contribution in [3.05, 3.63) is 35.9 Å². The molecular weight excluding hydrogens is 210 g/mol. The maximum atomic E-state index is 9.44. The number of aliphatic hydroxyl groups is 1. The molecule has 0 aromatic heterocycles. The highest BCUT2D eigenvalue weighted by atomic mass is 16.3. The van der Waals surface area contributed by atoms with Crippen molar-refractivity contribution in [1.29, 1.82) is 0 Å². The number of benzene rings is 1. The van der Waals surface area contributed by atoms with Gasteiger partial charge in [-0.3, -0.25) is 4.90 Å². The van der Waals surface area contributed by atoms with Gasteiger partial charge in [0.05, 0.1) is 6.10 Å². The fourth-order valence-corrected chi connectivity index (χ4v) is 2.83. The average molecular weight is 233 g/mol. The predicted octanol–water partition coefficient (Wildman–Crippen LogP) is 2.64. The van der Waals surface area contributed by atoms with Gasteiger partial charge in [-0.2, -0.15) is 0 Å². The van der Waals surface area contributed by atoms with Crippen LogP contribution in [0.5, 0.6) is 0 Å². The largest absolute Gasteiger partial charge is 0.393 e. The summed E-state index contributed by atoms with van der Waals surface area (Å²) in [7, 11) is 0. The van der Waals surface area contributed by atoms with Crippen molar-refractivity contribution >= 4 is 0 Å². The van der Waals surface area contributed by atoms with Crippen LogP contribution in [0.2, 0.25) is 0 Å². The zero-order valence-corrected chi connectivity index (χ0v) is 10.8. The van der Waals surface area contributed by atoms with E-state index in [1.165, 1.54) is 12.0 Å². The van der Waals surface area contributed by atoms with Crippen molar-refractivity contribution in [3.63, 3.8) is 0 Å². The average Bonchev–Trinajstić information content (AvgIpc) is 2.78. The van der Waals surface area contributed by atoms with Crippen LogP contribution in [-0.4, -0.2) is 35.2 Å². The van der Waals surface area contributed by atoms with Crippen LogP contribution in [-0.2, 0) is 0 Å². The Balaban J connectivity index is 1.91. The van der Waals surface area contributed by atoms with Crippen LogP contribution in [0, 0.1) is 0 Å².